The first-order valence-electron chi connectivity index (χ1n) is 7.69. The number of hydrogen-bond acceptors (Lipinski definition) is 3. The quantitative estimate of drug-likeness (QED) is 0.835. The van der Waals surface area contributed by atoms with Crippen LogP contribution in [0.5, 0.6) is 11.5 Å². The fourth-order valence-electron chi connectivity index (χ4n) is 2.69. The largest absolute Gasteiger partial charge is 0.496 e. The third kappa shape index (κ3) is 3.89. The number of carbonyl (C=O) groups excluding carboxylic acids is 1. The van der Waals surface area contributed by atoms with E-state index in [2.05, 4.69) is 5.32 Å². The van der Waals surface area contributed by atoms with Gasteiger partial charge in [0.25, 0.3) is 0 Å². The Bertz CT molecular complexity index is 756. The Hall–Kier alpha value is -2.46. The highest BCUT2D eigenvalue weighted by Crippen LogP contribution is 2.34. The molecule has 2 aromatic rings. The Morgan fingerprint density at radius 2 is 2.00 bits per heavy atom. The molecule has 1 atom stereocenters. The van der Waals surface area contributed by atoms with Crippen LogP contribution >= 0.6 is 11.6 Å². The molecule has 124 valence electrons. The number of ether oxygens (including phenoxy) is 2. The van der Waals surface area contributed by atoms with Gasteiger partial charge in [-0.3, -0.25) is 4.79 Å². The van der Waals surface area contributed by atoms with Crippen molar-refractivity contribution in [2.75, 3.05) is 13.7 Å². The molecule has 0 radical (unpaired) electrons. The first-order chi connectivity index (χ1) is 11.7. The van der Waals surface area contributed by atoms with Crippen molar-refractivity contribution in [1.29, 1.82) is 0 Å². The summed E-state index contributed by atoms with van der Waals surface area (Å²) in [6.45, 7) is 0.645. The number of hydrogen-bond donors (Lipinski definition) is 1. The van der Waals surface area contributed by atoms with E-state index in [4.69, 9.17) is 21.1 Å². The van der Waals surface area contributed by atoms with Crippen molar-refractivity contribution < 1.29 is 14.3 Å². The molecular formula is C19H18ClNO3. The molecule has 0 bridgehead atoms. The third-order valence-electron chi connectivity index (χ3n) is 3.96. The summed E-state index contributed by atoms with van der Waals surface area (Å²) in [4.78, 5) is 11.4. The molecular weight excluding hydrogens is 326 g/mol. The summed E-state index contributed by atoms with van der Waals surface area (Å²) >= 11 is 5.86. The van der Waals surface area contributed by atoms with E-state index in [1.54, 1.807) is 13.4 Å². The lowest BCUT2D eigenvalue weighted by molar-refractivity contribution is -0.119. The summed E-state index contributed by atoms with van der Waals surface area (Å²) in [5.74, 6) is 1.63. The lowest BCUT2D eigenvalue weighted by atomic mass is 9.97. The van der Waals surface area contributed by atoms with Crippen LogP contribution in [0.3, 0.4) is 0 Å². The number of carbonyl (C=O) groups is 1. The number of rotatable bonds is 5. The fraction of sp³-hybridized carbons (Fsp3) is 0.211. The molecule has 0 aliphatic carbocycles. The van der Waals surface area contributed by atoms with Crippen molar-refractivity contribution in [1.82, 2.24) is 5.32 Å². The summed E-state index contributed by atoms with van der Waals surface area (Å²) in [6, 6.07) is 13.2. The van der Waals surface area contributed by atoms with Crippen LogP contribution < -0.4 is 14.8 Å². The lowest BCUT2D eigenvalue weighted by Crippen LogP contribution is -2.13. The number of methoxy groups -OCH3 is 1. The molecule has 0 aromatic heterocycles. The van der Waals surface area contributed by atoms with Gasteiger partial charge in [0.1, 0.15) is 11.5 Å². The molecule has 3 rings (SSSR count). The minimum absolute atomic E-state index is 0.0771. The van der Waals surface area contributed by atoms with Gasteiger partial charge in [-0.2, -0.15) is 0 Å². The molecule has 1 amide bonds. The second-order valence-corrected chi connectivity index (χ2v) is 6.02. The van der Waals surface area contributed by atoms with Crippen LogP contribution in [-0.2, 0) is 4.79 Å². The number of nitrogens with one attached hydrogen (secondary N) is 1. The van der Waals surface area contributed by atoms with E-state index in [0.717, 1.165) is 16.9 Å². The summed E-state index contributed by atoms with van der Waals surface area (Å²) in [5, 5.41) is 3.55. The summed E-state index contributed by atoms with van der Waals surface area (Å²) < 4.78 is 11.1. The summed E-state index contributed by atoms with van der Waals surface area (Å²) in [7, 11) is 1.62. The van der Waals surface area contributed by atoms with Gasteiger partial charge in [-0.15, -0.1) is 0 Å². The minimum atomic E-state index is 0.0771. The maximum absolute atomic E-state index is 11.4. The number of halogens is 1. The molecule has 1 aliphatic heterocycles. The van der Waals surface area contributed by atoms with Gasteiger partial charge in [0.2, 0.25) is 5.91 Å². The zero-order valence-corrected chi connectivity index (χ0v) is 14.0. The highest BCUT2D eigenvalue weighted by atomic mass is 35.5. The second-order valence-electron chi connectivity index (χ2n) is 5.58. The Morgan fingerprint density at radius 3 is 2.67 bits per heavy atom. The van der Waals surface area contributed by atoms with E-state index in [0.29, 0.717) is 23.7 Å². The highest BCUT2D eigenvalue weighted by Gasteiger charge is 2.25. The van der Waals surface area contributed by atoms with Crippen molar-refractivity contribution in [2.45, 2.75) is 12.3 Å². The standard InChI is InChI=1S/C19H18ClNO3/c1-23-18-11-16(6-7-17(18)14-10-19(22)21-12-14)24-9-8-13-2-4-15(20)5-3-13/h2-9,11,14H,10,12H2,1H3,(H,21,22)/b9-8+. The molecule has 0 spiro atoms. The Labute approximate surface area is 146 Å². The van der Waals surface area contributed by atoms with E-state index in [1.165, 1.54) is 0 Å². The molecule has 1 saturated heterocycles. The van der Waals surface area contributed by atoms with Crippen LogP contribution in [0.2, 0.25) is 5.02 Å². The monoisotopic (exact) mass is 343 g/mol. The van der Waals surface area contributed by atoms with Crippen molar-refractivity contribution in [3.8, 4) is 11.5 Å². The fourth-order valence-corrected chi connectivity index (χ4v) is 2.82. The van der Waals surface area contributed by atoms with Gasteiger partial charge in [0.05, 0.1) is 13.4 Å². The number of benzene rings is 2. The topological polar surface area (TPSA) is 47.6 Å². The van der Waals surface area contributed by atoms with E-state index in [1.807, 2.05) is 48.5 Å². The lowest BCUT2D eigenvalue weighted by Gasteiger charge is -2.14. The average Bonchev–Trinajstić information content (AvgIpc) is 3.03. The Kier molecular flexibility index (Phi) is 5.06. The number of amides is 1. The smallest absolute Gasteiger partial charge is 0.220 e. The predicted octanol–water partition coefficient (Wildman–Crippen LogP) is 4.00. The first kappa shape index (κ1) is 16.4. The molecule has 1 heterocycles. The predicted molar refractivity (Wildman–Crippen MR) is 94.5 cm³/mol. The van der Waals surface area contributed by atoms with E-state index >= 15 is 0 Å². The van der Waals surface area contributed by atoms with Gasteiger partial charge >= 0.3 is 0 Å². The van der Waals surface area contributed by atoms with Gasteiger partial charge in [-0.25, -0.2) is 0 Å². The SMILES string of the molecule is COc1cc(O/C=C/c2ccc(Cl)cc2)ccc1C1CNC(=O)C1. The molecule has 4 nitrogen and oxygen atoms in total. The van der Waals surface area contributed by atoms with Gasteiger partial charge in [-0.1, -0.05) is 29.8 Å². The third-order valence-corrected chi connectivity index (χ3v) is 4.21. The molecule has 1 unspecified atom stereocenters. The van der Waals surface area contributed by atoms with Crippen molar-refractivity contribution >= 4 is 23.6 Å². The van der Waals surface area contributed by atoms with E-state index in [-0.39, 0.29) is 11.8 Å². The van der Waals surface area contributed by atoms with Crippen LogP contribution in [0.25, 0.3) is 6.08 Å². The molecule has 1 N–H and O–H groups in total. The van der Waals surface area contributed by atoms with E-state index < -0.39 is 0 Å². The highest BCUT2D eigenvalue weighted by molar-refractivity contribution is 6.30. The minimum Gasteiger partial charge on any atom is -0.496 e. The second kappa shape index (κ2) is 7.41. The van der Waals surface area contributed by atoms with Gasteiger partial charge in [0, 0.05) is 30.0 Å². The van der Waals surface area contributed by atoms with Gasteiger partial charge < -0.3 is 14.8 Å². The van der Waals surface area contributed by atoms with Crippen molar-refractivity contribution in [3.05, 3.63) is 64.9 Å². The molecule has 1 aliphatic rings. The molecule has 0 saturated carbocycles. The summed E-state index contributed by atoms with van der Waals surface area (Å²) in [6.07, 6.45) is 3.97. The maximum Gasteiger partial charge on any atom is 0.220 e. The Morgan fingerprint density at radius 1 is 1.21 bits per heavy atom. The average molecular weight is 344 g/mol. The zero-order chi connectivity index (χ0) is 16.9. The van der Waals surface area contributed by atoms with Crippen molar-refractivity contribution in [2.24, 2.45) is 0 Å². The van der Waals surface area contributed by atoms with E-state index in [9.17, 15) is 4.79 Å². The van der Waals surface area contributed by atoms with Crippen LogP contribution in [0.1, 0.15) is 23.5 Å². The summed E-state index contributed by atoms with van der Waals surface area (Å²) in [5.41, 5.74) is 2.02. The van der Waals surface area contributed by atoms with Gasteiger partial charge in [0.15, 0.2) is 0 Å². The maximum atomic E-state index is 11.4. The van der Waals surface area contributed by atoms with Crippen LogP contribution in [-0.4, -0.2) is 19.6 Å². The first-order valence-corrected chi connectivity index (χ1v) is 8.07. The molecule has 24 heavy (non-hydrogen) atoms. The molecule has 5 heteroatoms. The zero-order valence-electron chi connectivity index (χ0n) is 13.3. The molecule has 1 fully saturated rings. The molecule has 2 aromatic carbocycles. The van der Waals surface area contributed by atoms with Crippen LogP contribution in [0.4, 0.5) is 0 Å². The Balaban J connectivity index is 1.70. The van der Waals surface area contributed by atoms with Crippen LogP contribution in [0.15, 0.2) is 48.7 Å². The van der Waals surface area contributed by atoms with Crippen molar-refractivity contribution in [3.63, 3.8) is 0 Å². The van der Waals surface area contributed by atoms with Gasteiger partial charge in [-0.05, 0) is 35.4 Å². The van der Waals surface area contributed by atoms with Crippen LogP contribution in [0, 0.1) is 0 Å². The normalized spacial score (nSPS) is 17.1.